The Morgan fingerprint density at radius 1 is 1.07 bits per heavy atom. The van der Waals surface area contributed by atoms with Gasteiger partial charge in [0.25, 0.3) is 17.0 Å². The van der Waals surface area contributed by atoms with Crippen LogP contribution in [-0.2, 0) is 4.79 Å². The molecule has 138 valence electrons. The van der Waals surface area contributed by atoms with E-state index in [9.17, 15) is 14.0 Å². The minimum Gasteiger partial charge on any atom is -0.411 e. The highest BCUT2D eigenvalue weighted by Crippen LogP contribution is 2.24. The van der Waals surface area contributed by atoms with Crippen LogP contribution in [0.4, 0.5) is 4.39 Å². The molecule has 0 aliphatic rings. The van der Waals surface area contributed by atoms with Crippen molar-refractivity contribution in [3.63, 3.8) is 0 Å². The molecule has 0 spiro atoms. The molecule has 0 aliphatic carbocycles. The normalized spacial score (nSPS) is 10.4. The summed E-state index contributed by atoms with van der Waals surface area (Å²) in [5, 5.41) is 8.12. The van der Waals surface area contributed by atoms with Crippen molar-refractivity contribution in [2.45, 2.75) is 5.22 Å². The van der Waals surface area contributed by atoms with Crippen LogP contribution in [-0.4, -0.2) is 27.8 Å². The number of hydrazine groups is 1. The highest BCUT2D eigenvalue weighted by atomic mass is 35.5. The van der Waals surface area contributed by atoms with E-state index in [0.29, 0.717) is 10.6 Å². The molecule has 0 fully saturated rings. The monoisotopic (exact) mass is 406 g/mol. The van der Waals surface area contributed by atoms with Crippen molar-refractivity contribution < 1.29 is 18.4 Å². The van der Waals surface area contributed by atoms with E-state index in [4.69, 9.17) is 16.0 Å². The average molecular weight is 407 g/mol. The number of halogens is 2. The third-order valence-electron chi connectivity index (χ3n) is 3.26. The molecule has 0 bridgehead atoms. The molecule has 1 aromatic heterocycles. The van der Waals surface area contributed by atoms with Gasteiger partial charge in [-0.15, -0.1) is 10.2 Å². The number of hydrogen-bond donors (Lipinski definition) is 2. The fourth-order valence-electron chi connectivity index (χ4n) is 1.97. The van der Waals surface area contributed by atoms with E-state index in [0.717, 1.165) is 11.8 Å². The lowest BCUT2D eigenvalue weighted by Gasteiger charge is -2.06. The first-order valence-corrected chi connectivity index (χ1v) is 8.95. The van der Waals surface area contributed by atoms with Crippen LogP contribution in [0.15, 0.2) is 58.2 Å². The Hall–Kier alpha value is -2.91. The van der Waals surface area contributed by atoms with E-state index < -0.39 is 17.6 Å². The van der Waals surface area contributed by atoms with Crippen LogP contribution < -0.4 is 10.9 Å². The maximum absolute atomic E-state index is 13.7. The Labute approximate surface area is 162 Å². The fraction of sp³-hybridized carbons (Fsp3) is 0.0588. The number of aromatic nitrogens is 2. The van der Waals surface area contributed by atoms with E-state index in [2.05, 4.69) is 21.0 Å². The van der Waals surface area contributed by atoms with E-state index in [-0.39, 0.29) is 22.4 Å². The predicted molar refractivity (Wildman–Crippen MR) is 97.5 cm³/mol. The minimum absolute atomic E-state index is 0.0204. The maximum Gasteiger partial charge on any atom is 0.277 e. The third-order valence-corrected chi connectivity index (χ3v) is 4.33. The molecule has 27 heavy (non-hydrogen) atoms. The zero-order valence-corrected chi connectivity index (χ0v) is 15.2. The van der Waals surface area contributed by atoms with Crippen LogP contribution in [0.25, 0.3) is 11.5 Å². The summed E-state index contributed by atoms with van der Waals surface area (Å²) in [4.78, 5) is 23.7. The molecular weight excluding hydrogens is 395 g/mol. The number of nitrogens with zero attached hydrogens (tertiary/aromatic N) is 2. The van der Waals surface area contributed by atoms with Gasteiger partial charge in [0.1, 0.15) is 5.82 Å². The lowest BCUT2D eigenvalue weighted by molar-refractivity contribution is -0.119. The molecule has 2 N–H and O–H groups in total. The molecule has 0 saturated heterocycles. The summed E-state index contributed by atoms with van der Waals surface area (Å²) in [6, 6.07) is 12.2. The Morgan fingerprint density at radius 2 is 1.81 bits per heavy atom. The number of carbonyl (C=O) groups excluding carboxylic acids is 2. The zero-order valence-electron chi connectivity index (χ0n) is 13.6. The lowest BCUT2D eigenvalue weighted by atomic mass is 10.2. The Morgan fingerprint density at radius 3 is 2.56 bits per heavy atom. The molecule has 0 radical (unpaired) electrons. The smallest absolute Gasteiger partial charge is 0.277 e. The van der Waals surface area contributed by atoms with Gasteiger partial charge in [0.05, 0.1) is 11.3 Å². The first kappa shape index (κ1) is 18.9. The molecule has 0 saturated carbocycles. The van der Waals surface area contributed by atoms with Gasteiger partial charge < -0.3 is 4.42 Å². The number of carbonyl (C=O) groups is 2. The molecule has 1 heterocycles. The second kappa shape index (κ2) is 8.65. The average Bonchev–Trinajstić information content (AvgIpc) is 3.14. The minimum atomic E-state index is -0.486. The SMILES string of the molecule is O=C(CSc1nnc(-c2ccccc2F)o1)NNC(=O)c1ccc(Cl)cc1. The van der Waals surface area contributed by atoms with Crippen LogP contribution in [0.2, 0.25) is 5.02 Å². The molecule has 0 atom stereocenters. The molecule has 2 aromatic carbocycles. The lowest BCUT2D eigenvalue weighted by Crippen LogP contribution is -2.42. The number of rotatable bonds is 5. The summed E-state index contributed by atoms with van der Waals surface area (Å²) >= 11 is 6.70. The highest BCUT2D eigenvalue weighted by molar-refractivity contribution is 7.99. The number of hydrogen-bond acceptors (Lipinski definition) is 6. The van der Waals surface area contributed by atoms with Gasteiger partial charge in [0.15, 0.2) is 0 Å². The predicted octanol–water partition coefficient (Wildman–Crippen LogP) is 3.08. The number of nitrogens with one attached hydrogen (secondary N) is 2. The molecule has 0 aliphatic heterocycles. The fourth-order valence-corrected chi connectivity index (χ4v) is 2.66. The molecule has 3 aromatic rings. The highest BCUT2D eigenvalue weighted by Gasteiger charge is 2.14. The van der Waals surface area contributed by atoms with Crippen molar-refractivity contribution in [3.8, 4) is 11.5 Å². The third kappa shape index (κ3) is 5.05. The van der Waals surface area contributed by atoms with Crippen LogP contribution in [0.3, 0.4) is 0 Å². The first-order chi connectivity index (χ1) is 13.0. The van der Waals surface area contributed by atoms with E-state index in [1.54, 1.807) is 24.3 Å². The topological polar surface area (TPSA) is 97.1 Å². The van der Waals surface area contributed by atoms with Crippen molar-refractivity contribution in [2.24, 2.45) is 0 Å². The van der Waals surface area contributed by atoms with Crippen molar-refractivity contribution in [1.29, 1.82) is 0 Å². The molecule has 3 rings (SSSR count). The van der Waals surface area contributed by atoms with Gasteiger partial charge in [0, 0.05) is 10.6 Å². The number of amides is 2. The molecule has 0 unspecified atom stereocenters. The van der Waals surface area contributed by atoms with Crippen LogP contribution in [0.1, 0.15) is 10.4 Å². The largest absolute Gasteiger partial charge is 0.411 e. The second-order valence-electron chi connectivity index (χ2n) is 5.15. The van der Waals surface area contributed by atoms with Gasteiger partial charge in [-0.25, -0.2) is 4.39 Å². The summed E-state index contributed by atoms with van der Waals surface area (Å²) in [6.07, 6.45) is 0. The van der Waals surface area contributed by atoms with Crippen molar-refractivity contribution in [2.75, 3.05) is 5.75 Å². The summed E-state index contributed by atoms with van der Waals surface area (Å²) < 4.78 is 19.0. The van der Waals surface area contributed by atoms with Crippen LogP contribution in [0, 0.1) is 5.82 Å². The van der Waals surface area contributed by atoms with Gasteiger partial charge in [-0.05, 0) is 36.4 Å². The zero-order chi connectivity index (χ0) is 19.2. The number of thioether (sulfide) groups is 1. The standard InChI is InChI=1S/C17H12ClFN4O3S/c18-11-7-5-10(6-8-11)15(25)21-20-14(24)9-27-17-23-22-16(26-17)12-3-1-2-4-13(12)19/h1-8H,9H2,(H,20,24)(H,21,25). The van der Waals surface area contributed by atoms with Gasteiger partial charge in [0.2, 0.25) is 5.91 Å². The van der Waals surface area contributed by atoms with E-state index in [1.165, 1.54) is 24.3 Å². The number of benzene rings is 2. The van der Waals surface area contributed by atoms with Gasteiger partial charge in [-0.2, -0.15) is 0 Å². The molecule has 2 amide bonds. The van der Waals surface area contributed by atoms with Gasteiger partial charge in [-0.1, -0.05) is 35.5 Å². The van der Waals surface area contributed by atoms with Gasteiger partial charge in [-0.3, -0.25) is 20.4 Å². The van der Waals surface area contributed by atoms with Crippen molar-refractivity contribution >= 4 is 35.2 Å². The van der Waals surface area contributed by atoms with E-state index >= 15 is 0 Å². The Balaban J connectivity index is 1.49. The van der Waals surface area contributed by atoms with Crippen molar-refractivity contribution in [1.82, 2.24) is 21.0 Å². The molecule has 7 nitrogen and oxygen atoms in total. The Bertz CT molecular complexity index is 965. The second-order valence-corrected chi connectivity index (χ2v) is 6.51. The summed E-state index contributed by atoms with van der Waals surface area (Å²) in [5.74, 6) is -1.51. The summed E-state index contributed by atoms with van der Waals surface area (Å²) in [6.45, 7) is 0. The first-order valence-electron chi connectivity index (χ1n) is 7.59. The summed E-state index contributed by atoms with van der Waals surface area (Å²) in [7, 11) is 0. The molecule has 10 heteroatoms. The molecular formula is C17H12ClFN4O3S. The quantitative estimate of drug-likeness (QED) is 0.499. The maximum atomic E-state index is 13.7. The van der Waals surface area contributed by atoms with Crippen molar-refractivity contribution in [3.05, 3.63) is 64.9 Å². The van der Waals surface area contributed by atoms with Crippen LogP contribution in [0.5, 0.6) is 0 Å². The summed E-state index contributed by atoms with van der Waals surface area (Å²) in [5.41, 5.74) is 5.08. The van der Waals surface area contributed by atoms with Crippen LogP contribution >= 0.6 is 23.4 Å². The Kier molecular flexibility index (Phi) is 6.05. The van der Waals surface area contributed by atoms with E-state index in [1.807, 2.05) is 0 Å². The van der Waals surface area contributed by atoms with Gasteiger partial charge >= 0.3 is 0 Å².